The molecule has 0 unspecified atom stereocenters. The van der Waals surface area contributed by atoms with Crippen LogP contribution in [0.1, 0.15) is 22.1 Å². The van der Waals surface area contributed by atoms with Crippen LogP contribution in [0.25, 0.3) is 0 Å². The molecule has 35 heavy (non-hydrogen) atoms. The van der Waals surface area contributed by atoms with E-state index in [4.69, 9.17) is 25.1 Å². The maximum atomic E-state index is 10.8. The molecule has 3 aromatic heterocycles. The monoisotopic (exact) mass is 635 g/mol. The van der Waals surface area contributed by atoms with Gasteiger partial charge in [0.1, 0.15) is 0 Å². The number of carbonyl (C=O) groups is 3. The highest BCUT2D eigenvalue weighted by molar-refractivity contribution is 8.31. The van der Waals surface area contributed by atoms with E-state index in [9.17, 15) is 14.4 Å². The molecule has 3 heterocycles. The molecule has 192 valence electrons. The molecule has 0 spiro atoms. The van der Waals surface area contributed by atoms with Crippen LogP contribution in [0.2, 0.25) is 0 Å². The van der Waals surface area contributed by atoms with Crippen molar-refractivity contribution in [3.63, 3.8) is 0 Å². The lowest BCUT2D eigenvalue weighted by Crippen LogP contribution is -1.96. The molecule has 1 amide bonds. The summed E-state index contributed by atoms with van der Waals surface area (Å²) in [6.07, 6.45) is 0.845. The van der Waals surface area contributed by atoms with Gasteiger partial charge in [-0.3, -0.25) is 14.4 Å². The number of halogens is 3. The third-order valence-corrected chi connectivity index (χ3v) is 5.73. The lowest BCUT2D eigenvalue weighted by atomic mass is 10.3. The highest BCUT2D eigenvalue weighted by Gasteiger charge is 2.00. The highest BCUT2D eigenvalue weighted by atomic mass is 36.0. The number of amides is 1. The lowest BCUT2D eigenvalue weighted by Gasteiger charge is -1.86. The van der Waals surface area contributed by atoms with E-state index in [0.29, 0.717) is 12.8 Å². The number of thiocarbonyl (C=S) groups is 1. The maximum Gasteiger partial charge on any atom is 0.317 e. The third-order valence-electron chi connectivity index (χ3n) is 2.87. The molecule has 0 aromatic carbocycles. The molecule has 7 nitrogen and oxygen atoms in total. The van der Waals surface area contributed by atoms with Crippen molar-refractivity contribution in [3.05, 3.63) is 67.2 Å². The maximum absolute atomic E-state index is 10.8. The molecule has 0 saturated carbocycles. The van der Waals surface area contributed by atoms with Crippen LogP contribution in [0, 0.1) is 0 Å². The molecular weight excluding hydrogens is 617 g/mol. The van der Waals surface area contributed by atoms with Crippen LogP contribution < -0.4 is 0 Å². The largest absolute Gasteiger partial charge is 0.481 e. The number of hydrogen-bond acceptors (Lipinski definition) is 9. The number of aliphatic carboxylic acids is 1. The van der Waals surface area contributed by atoms with E-state index in [1.807, 2.05) is 57.7 Å². The molecule has 15 heteroatoms. The van der Waals surface area contributed by atoms with E-state index in [0.717, 1.165) is 14.6 Å². The Morgan fingerprint density at radius 2 is 1.26 bits per heavy atom. The number of nitrogens with zero attached hydrogens (tertiary/aromatic N) is 1. The van der Waals surface area contributed by atoms with Gasteiger partial charge in [0.15, 0.2) is 0 Å². The van der Waals surface area contributed by atoms with Crippen LogP contribution in [-0.4, -0.2) is 35.8 Å². The van der Waals surface area contributed by atoms with Gasteiger partial charge in [-0.25, -0.2) is 0 Å². The van der Waals surface area contributed by atoms with E-state index < -0.39 is 14.2 Å². The average Bonchev–Trinajstić information content (AvgIpc) is 3.45. The van der Waals surface area contributed by atoms with Crippen LogP contribution in [-0.2, 0) is 41.9 Å². The molecule has 0 bridgehead atoms. The lowest BCUT2D eigenvalue weighted by molar-refractivity contribution is -0.136. The van der Waals surface area contributed by atoms with Gasteiger partial charge < -0.3 is 5.11 Å². The van der Waals surface area contributed by atoms with Crippen LogP contribution in [0.15, 0.2) is 57.5 Å². The van der Waals surface area contributed by atoms with Gasteiger partial charge >= 0.3 is 14.2 Å². The van der Waals surface area contributed by atoms with Gasteiger partial charge in [0.05, 0.1) is 24.4 Å². The molecule has 0 saturated heterocycles. The van der Waals surface area contributed by atoms with Crippen LogP contribution in [0.4, 0.5) is 0 Å². The molecule has 0 aliphatic heterocycles. The minimum atomic E-state index is -3.72. The highest BCUT2D eigenvalue weighted by Crippen LogP contribution is 2.10. The summed E-state index contributed by atoms with van der Waals surface area (Å²) in [6.45, 7) is 0. The molecule has 1 N–H and O–H groups in total. The number of rotatable bonds is 6. The Balaban J connectivity index is 0. The minimum absolute atomic E-state index is 0. The fourth-order valence-electron chi connectivity index (χ4n) is 1.77. The Hall–Kier alpha value is -1.47. The molecule has 0 atom stereocenters. The van der Waals surface area contributed by atoms with Crippen molar-refractivity contribution >= 4 is 110 Å². The smallest absolute Gasteiger partial charge is 0.317 e. The topological polar surface area (TPSA) is 118 Å². The third kappa shape index (κ3) is 25.4. The Morgan fingerprint density at radius 3 is 1.54 bits per heavy atom. The first kappa shape index (κ1) is 35.7. The van der Waals surface area contributed by atoms with Gasteiger partial charge in [-0.2, -0.15) is 13.4 Å². The van der Waals surface area contributed by atoms with Crippen molar-refractivity contribution in [2.45, 2.75) is 26.7 Å². The zero-order chi connectivity index (χ0) is 26.0. The van der Waals surface area contributed by atoms with Gasteiger partial charge in [0.25, 0.3) is 5.91 Å². The standard InChI is InChI=1S/C7H5NOS2.C6H5ClOS.C6H6O2S.CH4.Cl2O2S/c9-7(8-5-10)4-6-2-1-3-11-6;2*7-6(8)4-5-2-1-3-9-5;;1-5(2,3)4/h1-3H,4H2;1-3H,4H2;1-3H,4H2,(H,7,8);1H4;. The van der Waals surface area contributed by atoms with Gasteiger partial charge in [-0.05, 0) is 58.2 Å². The van der Waals surface area contributed by atoms with Gasteiger partial charge in [-0.15, -0.1) is 34.0 Å². The summed E-state index contributed by atoms with van der Waals surface area (Å²) < 4.78 is 18.3. The summed E-state index contributed by atoms with van der Waals surface area (Å²) in [6, 6.07) is 11.3. The number of thiophene rings is 3. The predicted molar refractivity (Wildman–Crippen MR) is 150 cm³/mol. The van der Waals surface area contributed by atoms with E-state index >= 15 is 0 Å². The summed E-state index contributed by atoms with van der Waals surface area (Å²) in [5.41, 5.74) is 0. The van der Waals surface area contributed by atoms with Crippen LogP contribution in [0.3, 0.4) is 0 Å². The number of isothiocyanates is 1. The number of carbonyl (C=O) groups excluding carboxylic acids is 2. The molecule has 0 aliphatic rings. The number of aliphatic imine (C=N–C) groups is 1. The second-order valence-electron chi connectivity index (χ2n) is 5.49. The van der Waals surface area contributed by atoms with Crippen molar-refractivity contribution in [1.82, 2.24) is 0 Å². The van der Waals surface area contributed by atoms with Crippen LogP contribution >= 0.6 is 79.2 Å². The molecule has 0 radical (unpaired) electrons. The zero-order valence-corrected chi connectivity index (χ0v) is 23.3. The van der Waals surface area contributed by atoms with E-state index in [-0.39, 0.29) is 25.0 Å². The van der Waals surface area contributed by atoms with Crippen LogP contribution in [0.5, 0.6) is 0 Å². The zero-order valence-electron chi connectivity index (χ0n) is 16.9. The molecule has 3 rings (SSSR count). The van der Waals surface area contributed by atoms with E-state index in [2.05, 4.69) is 38.6 Å². The molecule has 0 aliphatic carbocycles. The normalized spacial score (nSPS) is 9.23. The summed E-state index contributed by atoms with van der Waals surface area (Å²) >= 11 is 14.0. The fraction of sp³-hybridized carbons (Fsp3) is 0.200. The van der Waals surface area contributed by atoms with Crippen molar-refractivity contribution in [2.24, 2.45) is 4.99 Å². The van der Waals surface area contributed by atoms with E-state index in [1.165, 1.54) is 22.7 Å². The first-order valence-electron chi connectivity index (χ1n) is 8.63. The number of carboxylic acid groups (broad SMARTS) is 1. The Kier molecular flexibility index (Phi) is 21.1. The van der Waals surface area contributed by atoms with Crippen molar-refractivity contribution < 1.29 is 27.9 Å². The quantitative estimate of drug-likeness (QED) is 0.182. The fourth-order valence-corrected chi connectivity index (χ4v) is 4.19. The first-order valence-corrected chi connectivity index (χ1v) is 15.2. The predicted octanol–water partition coefficient (Wildman–Crippen LogP) is 6.70. The molecule has 0 fully saturated rings. The second kappa shape index (κ2) is 20.7. The van der Waals surface area contributed by atoms with Crippen molar-refractivity contribution in [1.29, 1.82) is 0 Å². The second-order valence-corrected chi connectivity index (χ2v) is 12.9. The summed E-state index contributed by atoms with van der Waals surface area (Å²) in [5, 5.41) is 15.8. The first-order chi connectivity index (χ1) is 15.9. The number of hydrogen-bond donors (Lipinski definition) is 1. The van der Waals surface area contributed by atoms with Gasteiger partial charge in [-0.1, -0.05) is 25.6 Å². The number of carboxylic acids is 1. The molecule has 3 aromatic rings. The Bertz CT molecular complexity index is 1090. The summed E-state index contributed by atoms with van der Waals surface area (Å²) in [5.74, 6) is -1.00. The Morgan fingerprint density at radius 1 is 0.886 bits per heavy atom. The molecular formula is C20H20Cl3NO6S5. The SMILES string of the molecule is C.O=C(Cc1cccs1)N=C=S.O=C(Cl)Cc1cccs1.O=C(O)Cc1cccs1.O=S(=O)(Cl)Cl. The van der Waals surface area contributed by atoms with E-state index in [1.54, 1.807) is 11.3 Å². The van der Waals surface area contributed by atoms with Crippen molar-refractivity contribution in [2.75, 3.05) is 0 Å². The average molecular weight is 637 g/mol. The van der Waals surface area contributed by atoms with Gasteiger partial charge in [0, 0.05) is 36.0 Å². The van der Waals surface area contributed by atoms with Crippen molar-refractivity contribution in [3.8, 4) is 0 Å². The summed E-state index contributed by atoms with van der Waals surface area (Å²) in [7, 11) is 4.81. The Labute approximate surface area is 234 Å². The van der Waals surface area contributed by atoms with Gasteiger partial charge in [0.2, 0.25) is 5.24 Å². The summed E-state index contributed by atoms with van der Waals surface area (Å²) in [4.78, 5) is 37.4. The minimum Gasteiger partial charge on any atom is -0.481 e.